The SMILES string of the molecule is COc1ccc(OCC(=O)Oc2ccc3c(c2)OC(N)=C(C#N)C3c2cccc(OCc3ccccc3Cl)c2)cc1. The van der Waals surface area contributed by atoms with Gasteiger partial charge in [-0.25, -0.2) is 4.79 Å². The summed E-state index contributed by atoms with van der Waals surface area (Å²) < 4.78 is 27.8. The molecule has 0 aromatic heterocycles. The van der Waals surface area contributed by atoms with Crippen molar-refractivity contribution in [2.45, 2.75) is 12.5 Å². The maximum absolute atomic E-state index is 12.4. The van der Waals surface area contributed by atoms with Crippen molar-refractivity contribution in [3.63, 3.8) is 0 Å². The molecule has 206 valence electrons. The highest BCUT2D eigenvalue weighted by Gasteiger charge is 2.31. The third-order valence-electron chi connectivity index (χ3n) is 6.38. The van der Waals surface area contributed by atoms with Gasteiger partial charge in [0.15, 0.2) is 6.61 Å². The minimum absolute atomic E-state index is 0.0290. The van der Waals surface area contributed by atoms with E-state index in [0.717, 1.165) is 11.1 Å². The van der Waals surface area contributed by atoms with E-state index in [0.29, 0.717) is 33.6 Å². The van der Waals surface area contributed by atoms with Crippen molar-refractivity contribution in [2.75, 3.05) is 13.7 Å². The van der Waals surface area contributed by atoms with Crippen LogP contribution in [0, 0.1) is 11.3 Å². The molecule has 1 aliphatic rings. The topological polar surface area (TPSA) is 113 Å². The van der Waals surface area contributed by atoms with Gasteiger partial charge in [-0.15, -0.1) is 0 Å². The van der Waals surface area contributed by atoms with E-state index in [1.165, 1.54) is 0 Å². The molecular formula is C32H25ClN2O6. The number of methoxy groups -OCH3 is 1. The van der Waals surface area contributed by atoms with Crippen LogP contribution in [-0.2, 0) is 11.4 Å². The summed E-state index contributed by atoms with van der Waals surface area (Å²) in [7, 11) is 1.57. The van der Waals surface area contributed by atoms with Crippen LogP contribution < -0.4 is 29.4 Å². The lowest BCUT2D eigenvalue weighted by Gasteiger charge is -2.27. The summed E-state index contributed by atoms with van der Waals surface area (Å²) in [6.45, 7) is -0.0119. The molecule has 41 heavy (non-hydrogen) atoms. The number of hydrogen-bond donors (Lipinski definition) is 1. The molecule has 0 saturated heterocycles. The van der Waals surface area contributed by atoms with Gasteiger partial charge in [0.05, 0.1) is 13.0 Å². The Labute approximate surface area is 242 Å². The molecule has 0 aliphatic carbocycles. The van der Waals surface area contributed by atoms with Gasteiger partial charge in [0.2, 0.25) is 5.88 Å². The van der Waals surface area contributed by atoms with Crippen LogP contribution in [0.1, 0.15) is 22.6 Å². The van der Waals surface area contributed by atoms with Crippen molar-refractivity contribution >= 4 is 17.6 Å². The summed E-state index contributed by atoms with van der Waals surface area (Å²) in [6.07, 6.45) is 0. The molecular weight excluding hydrogens is 544 g/mol. The second kappa shape index (κ2) is 12.4. The second-order valence-electron chi connectivity index (χ2n) is 9.02. The van der Waals surface area contributed by atoms with Gasteiger partial charge in [-0.2, -0.15) is 5.26 Å². The number of fused-ring (bicyclic) bond motifs is 1. The minimum atomic E-state index is -0.599. The van der Waals surface area contributed by atoms with Crippen LogP contribution in [0.5, 0.6) is 28.7 Å². The number of halogens is 1. The van der Waals surface area contributed by atoms with E-state index in [9.17, 15) is 10.1 Å². The van der Waals surface area contributed by atoms with Gasteiger partial charge in [0.25, 0.3) is 0 Å². The number of benzene rings is 4. The molecule has 0 spiro atoms. The van der Waals surface area contributed by atoms with E-state index in [1.54, 1.807) is 49.6 Å². The van der Waals surface area contributed by atoms with Gasteiger partial charge < -0.3 is 29.4 Å². The number of ether oxygens (including phenoxy) is 5. The first-order chi connectivity index (χ1) is 19.9. The number of allylic oxidation sites excluding steroid dienone is 1. The Morgan fingerprint density at radius 1 is 0.927 bits per heavy atom. The first-order valence-corrected chi connectivity index (χ1v) is 13.0. The molecule has 0 saturated carbocycles. The van der Waals surface area contributed by atoms with Crippen LogP contribution in [0.25, 0.3) is 0 Å². The zero-order valence-corrected chi connectivity index (χ0v) is 22.8. The third-order valence-corrected chi connectivity index (χ3v) is 6.75. The van der Waals surface area contributed by atoms with Crippen molar-refractivity contribution in [2.24, 2.45) is 5.73 Å². The highest BCUT2D eigenvalue weighted by Crippen LogP contribution is 2.44. The zero-order valence-electron chi connectivity index (χ0n) is 22.0. The summed E-state index contributed by atoms with van der Waals surface area (Å²) in [5.41, 5.74) is 8.75. The van der Waals surface area contributed by atoms with Crippen molar-refractivity contribution in [3.8, 4) is 34.8 Å². The average molecular weight is 569 g/mol. The lowest BCUT2D eigenvalue weighted by molar-refractivity contribution is -0.136. The molecule has 8 nitrogen and oxygen atoms in total. The Balaban J connectivity index is 1.32. The molecule has 1 heterocycles. The molecule has 5 rings (SSSR count). The first-order valence-electron chi connectivity index (χ1n) is 12.6. The quantitative estimate of drug-likeness (QED) is 0.189. The van der Waals surface area contributed by atoms with Gasteiger partial charge in [0.1, 0.15) is 47.0 Å². The van der Waals surface area contributed by atoms with Crippen molar-refractivity contribution in [3.05, 3.63) is 124 Å². The van der Waals surface area contributed by atoms with Gasteiger partial charge in [-0.1, -0.05) is 48.0 Å². The van der Waals surface area contributed by atoms with Crippen molar-refractivity contribution in [1.82, 2.24) is 0 Å². The fourth-order valence-corrected chi connectivity index (χ4v) is 4.57. The molecule has 0 fully saturated rings. The summed E-state index contributed by atoms with van der Waals surface area (Å²) in [4.78, 5) is 12.4. The van der Waals surface area contributed by atoms with Crippen LogP contribution in [-0.4, -0.2) is 19.7 Å². The number of nitriles is 1. The van der Waals surface area contributed by atoms with E-state index < -0.39 is 11.9 Å². The smallest absolute Gasteiger partial charge is 0.349 e. The molecule has 0 bridgehead atoms. The summed E-state index contributed by atoms with van der Waals surface area (Å²) in [5, 5.41) is 10.5. The molecule has 9 heteroatoms. The van der Waals surface area contributed by atoms with Crippen LogP contribution in [0.15, 0.2) is 102 Å². The standard InChI is InChI=1S/C32H25ClN2O6/c1-37-22-9-11-23(12-10-22)39-19-30(36)40-25-13-14-26-29(16-25)41-32(35)27(17-34)31(26)20-6-4-7-24(15-20)38-18-21-5-2-3-8-28(21)33/h2-16,31H,18-19,35H2,1H3. The number of nitrogens with zero attached hydrogens (tertiary/aromatic N) is 1. The van der Waals surface area contributed by atoms with Gasteiger partial charge in [-0.3, -0.25) is 0 Å². The fourth-order valence-electron chi connectivity index (χ4n) is 4.38. The van der Waals surface area contributed by atoms with E-state index in [4.69, 9.17) is 41.0 Å². The lowest BCUT2D eigenvalue weighted by atomic mass is 9.83. The van der Waals surface area contributed by atoms with Gasteiger partial charge in [0, 0.05) is 22.2 Å². The maximum Gasteiger partial charge on any atom is 0.349 e. The van der Waals surface area contributed by atoms with Crippen LogP contribution in [0.3, 0.4) is 0 Å². The summed E-state index contributed by atoms with van der Waals surface area (Å²) >= 11 is 6.26. The largest absolute Gasteiger partial charge is 0.497 e. The molecule has 2 N–H and O–H groups in total. The Hall–Kier alpha value is -5.13. The van der Waals surface area contributed by atoms with Crippen molar-refractivity contribution < 1.29 is 28.5 Å². The van der Waals surface area contributed by atoms with E-state index in [1.807, 2.05) is 48.5 Å². The van der Waals surface area contributed by atoms with Crippen LogP contribution in [0.2, 0.25) is 5.02 Å². The normalized spacial score (nSPS) is 13.8. The Bertz CT molecular complexity index is 1650. The number of hydrogen-bond acceptors (Lipinski definition) is 8. The monoisotopic (exact) mass is 568 g/mol. The van der Waals surface area contributed by atoms with Crippen molar-refractivity contribution in [1.29, 1.82) is 5.26 Å². The summed E-state index contributed by atoms with van der Waals surface area (Å²) in [6, 6.07) is 28.8. The number of rotatable bonds is 9. The molecule has 0 radical (unpaired) electrons. The lowest BCUT2D eigenvalue weighted by Crippen LogP contribution is -2.21. The zero-order chi connectivity index (χ0) is 28.8. The highest BCUT2D eigenvalue weighted by molar-refractivity contribution is 6.31. The average Bonchev–Trinajstić information content (AvgIpc) is 2.99. The minimum Gasteiger partial charge on any atom is -0.497 e. The third kappa shape index (κ3) is 6.38. The predicted molar refractivity (Wildman–Crippen MR) is 152 cm³/mol. The Morgan fingerprint density at radius 3 is 2.44 bits per heavy atom. The van der Waals surface area contributed by atoms with E-state index in [2.05, 4.69) is 6.07 Å². The molecule has 4 aromatic rings. The van der Waals surface area contributed by atoms with E-state index in [-0.39, 0.29) is 30.4 Å². The maximum atomic E-state index is 12.4. The number of carbonyl (C=O) groups is 1. The second-order valence-corrected chi connectivity index (χ2v) is 9.42. The highest BCUT2D eigenvalue weighted by atomic mass is 35.5. The molecule has 1 aliphatic heterocycles. The number of esters is 1. The van der Waals surface area contributed by atoms with Crippen LogP contribution >= 0.6 is 11.6 Å². The molecule has 4 aromatic carbocycles. The summed E-state index contributed by atoms with van der Waals surface area (Å²) in [5.74, 6) is 1.25. The number of carbonyl (C=O) groups excluding carboxylic acids is 1. The molecule has 0 amide bonds. The van der Waals surface area contributed by atoms with Crippen LogP contribution in [0.4, 0.5) is 0 Å². The molecule has 1 atom stereocenters. The number of nitrogens with two attached hydrogens (primary N) is 1. The van der Waals surface area contributed by atoms with Gasteiger partial charge >= 0.3 is 5.97 Å². The fraction of sp³-hybridized carbons (Fsp3) is 0.125. The van der Waals surface area contributed by atoms with Gasteiger partial charge in [-0.05, 0) is 54.1 Å². The van der Waals surface area contributed by atoms with E-state index >= 15 is 0 Å². The molecule has 1 unspecified atom stereocenters. The Kier molecular flexibility index (Phi) is 8.28. The predicted octanol–water partition coefficient (Wildman–Crippen LogP) is 6.13. The first kappa shape index (κ1) is 27.4. The Morgan fingerprint density at radius 2 is 1.68 bits per heavy atom.